The van der Waals surface area contributed by atoms with E-state index in [1.165, 1.54) is 10.9 Å². The van der Waals surface area contributed by atoms with Gasteiger partial charge in [-0.05, 0) is 89.6 Å². The number of aromatic nitrogens is 3. The topological polar surface area (TPSA) is 87.0 Å². The van der Waals surface area contributed by atoms with Gasteiger partial charge >= 0.3 is 0 Å². The van der Waals surface area contributed by atoms with Crippen molar-refractivity contribution in [3.63, 3.8) is 0 Å². The summed E-state index contributed by atoms with van der Waals surface area (Å²) in [7, 11) is 0. The Hall–Kier alpha value is -3.54. The average Bonchev–Trinajstić information content (AvgIpc) is 2.89. The summed E-state index contributed by atoms with van der Waals surface area (Å²) in [5.41, 5.74) is 4.74. The third kappa shape index (κ3) is 5.48. The number of rotatable bonds is 6. The van der Waals surface area contributed by atoms with Crippen LogP contribution in [0.2, 0.25) is 0 Å². The summed E-state index contributed by atoms with van der Waals surface area (Å²) in [6, 6.07) is 16.7. The average molecular weight is 543 g/mol. The molecule has 1 aliphatic rings. The van der Waals surface area contributed by atoms with Crippen molar-refractivity contribution in [3.05, 3.63) is 81.6 Å². The molecule has 0 radical (unpaired) electrons. The zero-order valence-corrected chi connectivity index (χ0v) is 21.9. The summed E-state index contributed by atoms with van der Waals surface area (Å²) in [4.78, 5) is 16.0. The van der Waals surface area contributed by atoms with Crippen LogP contribution in [0.15, 0.2) is 59.3 Å². The van der Waals surface area contributed by atoms with Crippen molar-refractivity contribution in [2.75, 3.05) is 18.4 Å². The van der Waals surface area contributed by atoms with Crippen LogP contribution >= 0.6 is 15.9 Å². The first-order valence-electron chi connectivity index (χ1n) is 12.0. The van der Waals surface area contributed by atoms with Gasteiger partial charge in [0.05, 0.1) is 27.8 Å². The second-order valence-corrected chi connectivity index (χ2v) is 10.1. The number of pyridine rings is 1. The van der Waals surface area contributed by atoms with E-state index in [1.807, 2.05) is 38.2 Å². The Kier molecular flexibility index (Phi) is 7.12. The summed E-state index contributed by atoms with van der Waals surface area (Å²) in [5, 5.41) is 13.9. The number of benzene rings is 2. The van der Waals surface area contributed by atoms with E-state index in [2.05, 4.69) is 71.4 Å². The number of likely N-dealkylation sites (tertiary alicyclic amines) is 1. The van der Waals surface area contributed by atoms with Crippen LogP contribution in [0.4, 0.5) is 5.95 Å². The molecular weight excluding hydrogens is 516 g/mol. The zero-order valence-electron chi connectivity index (χ0n) is 20.3. The van der Waals surface area contributed by atoms with Crippen molar-refractivity contribution in [1.82, 2.24) is 19.9 Å². The molecule has 182 valence electrons. The number of anilines is 1. The van der Waals surface area contributed by atoms with Crippen molar-refractivity contribution in [2.45, 2.75) is 39.3 Å². The number of nitrogens with zero attached hydrogens (tertiary/aromatic N) is 5. The van der Waals surface area contributed by atoms with E-state index in [9.17, 15) is 5.26 Å². The second-order valence-electron chi connectivity index (χ2n) is 9.22. The van der Waals surface area contributed by atoms with Crippen molar-refractivity contribution in [2.24, 2.45) is 0 Å². The predicted molar refractivity (Wildman–Crippen MR) is 144 cm³/mol. The van der Waals surface area contributed by atoms with Crippen molar-refractivity contribution in [1.29, 1.82) is 5.26 Å². The lowest BCUT2D eigenvalue weighted by molar-refractivity contribution is 0.211. The molecule has 0 bridgehead atoms. The molecule has 1 N–H and O–H groups in total. The van der Waals surface area contributed by atoms with Crippen molar-refractivity contribution >= 4 is 32.8 Å². The minimum atomic E-state index is 0.300. The third-order valence-electron chi connectivity index (χ3n) is 6.49. The van der Waals surface area contributed by atoms with Crippen LogP contribution in [0.3, 0.4) is 0 Å². The van der Waals surface area contributed by atoms with E-state index in [4.69, 9.17) is 4.74 Å². The van der Waals surface area contributed by atoms with E-state index < -0.39 is 0 Å². The maximum absolute atomic E-state index is 9.20. The first-order valence-corrected chi connectivity index (χ1v) is 12.8. The number of ether oxygens (including phenoxy) is 1. The van der Waals surface area contributed by atoms with E-state index in [-0.39, 0.29) is 0 Å². The Morgan fingerprint density at radius 3 is 2.64 bits per heavy atom. The van der Waals surface area contributed by atoms with E-state index in [0.29, 0.717) is 33.7 Å². The number of hydrogen-bond acceptors (Lipinski definition) is 7. The van der Waals surface area contributed by atoms with Gasteiger partial charge in [-0.15, -0.1) is 0 Å². The molecule has 1 fully saturated rings. The van der Waals surface area contributed by atoms with Gasteiger partial charge < -0.3 is 10.1 Å². The molecule has 7 nitrogen and oxygen atoms in total. The molecule has 4 aromatic rings. The lowest BCUT2D eigenvalue weighted by Crippen LogP contribution is -2.39. The predicted octanol–water partition coefficient (Wildman–Crippen LogP) is 6.14. The largest absolute Gasteiger partial charge is 0.437 e. The lowest BCUT2D eigenvalue weighted by Gasteiger charge is -2.32. The summed E-state index contributed by atoms with van der Waals surface area (Å²) < 4.78 is 6.83. The maximum Gasteiger partial charge on any atom is 0.238 e. The summed E-state index contributed by atoms with van der Waals surface area (Å²) >= 11 is 3.50. The molecule has 2 aromatic heterocycles. The second kappa shape index (κ2) is 10.6. The highest BCUT2D eigenvalue weighted by Crippen LogP contribution is 2.33. The SMILES string of the molecule is Cc1cc(C#N)cc(C)c1Oc1nc(NC2CCN(Cc3ccc4ncccc4c3)CC2)ncc1Br. The van der Waals surface area contributed by atoms with E-state index in [1.54, 1.807) is 6.20 Å². The highest BCUT2D eigenvalue weighted by Gasteiger charge is 2.21. The first-order chi connectivity index (χ1) is 17.5. The van der Waals surface area contributed by atoms with Crippen LogP contribution in [0.1, 0.15) is 35.1 Å². The smallest absolute Gasteiger partial charge is 0.238 e. The molecule has 0 spiro atoms. The Labute approximate surface area is 219 Å². The Morgan fingerprint density at radius 2 is 1.89 bits per heavy atom. The highest BCUT2D eigenvalue weighted by atomic mass is 79.9. The molecule has 2 aromatic carbocycles. The van der Waals surface area contributed by atoms with Gasteiger partial charge in [-0.1, -0.05) is 12.1 Å². The number of aryl methyl sites for hydroxylation is 2. The molecule has 0 saturated carbocycles. The molecule has 3 heterocycles. The van der Waals surface area contributed by atoms with Crippen molar-refractivity contribution < 1.29 is 4.74 Å². The quantitative estimate of drug-likeness (QED) is 0.312. The molecule has 0 atom stereocenters. The zero-order chi connectivity index (χ0) is 25.1. The molecule has 8 heteroatoms. The van der Waals surface area contributed by atoms with Gasteiger partial charge in [0, 0.05) is 37.3 Å². The number of nitriles is 1. The number of piperidine rings is 1. The van der Waals surface area contributed by atoms with E-state index in [0.717, 1.165) is 49.1 Å². The lowest BCUT2D eigenvalue weighted by atomic mass is 10.0. The fraction of sp³-hybridized carbons (Fsp3) is 0.286. The third-order valence-corrected chi connectivity index (χ3v) is 7.04. The Morgan fingerprint density at radius 1 is 1.11 bits per heavy atom. The Balaban J connectivity index is 1.20. The summed E-state index contributed by atoms with van der Waals surface area (Å²) in [6.45, 7) is 6.81. The molecule has 0 aliphatic carbocycles. The number of nitrogens with one attached hydrogen (secondary N) is 1. The molecule has 5 rings (SSSR count). The molecule has 1 saturated heterocycles. The van der Waals surface area contributed by atoms with Gasteiger partial charge in [0.2, 0.25) is 11.8 Å². The summed E-state index contributed by atoms with van der Waals surface area (Å²) in [6.07, 6.45) is 5.57. The minimum Gasteiger partial charge on any atom is -0.437 e. The molecular formula is C28H27BrN6O. The maximum atomic E-state index is 9.20. The van der Waals surface area contributed by atoms with Gasteiger partial charge in [0.25, 0.3) is 0 Å². The molecule has 0 unspecified atom stereocenters. The highest BCUT2D eigenvalue weighted by molar-refractivity contribution is 9.10. The van der Waals surface area contributed by atoms with Crippen LogP contribution in [-0.4, -0.2) is 39.0 Å². The minimum absolute atomic E-state index is 0.300. The molecule has 36 heavy (non-hydrogen) atoms. The fourth-order valence-corrected chi connectivity index (χ4v) is 4.94. The van der Waals surface area contributed by atoms with Crippen LogP contribution in [-0.2, 0) is 6.54 Å². The number of fused-ring (bicyclic) bond motifs is 1. The number of hydrogen-bond donors (Lipinski definition) is 1. The van der Waals surface area contributed by atoms with Gasteiger partial charge in [0.1, 0.15) is 5.75 Å². The normalized spacial score (nSPS) is 14.5. The van der Waals surface area contributed by atoms with Crippen LogP contribution in [0.25, 0.3) is 10.9 Å². The Bertz CT molecular complexity index is 1420. The molecule has 1 aliphatic heterocycles. The van der Waals surface area contributed by atoms with Crippen LogP contribution in [0, 0.1) is 25.2 Å². The van der Waals surface area contributed by atoms with Gasteiger partial charge in [0.15, 0.2) is 0 Å². The fourth-order valence-electron chi connectivity index (χ4n) is 4.66. The van der Waals surface area contributed by atoms with Crippen LogP contribution in [0.5, 0.6) is 11.6 Å². The van der Waals surface area contributed by atoms with Crippen molar-refractivity contribution in [3.8, 4) is 17.7 Å². The van der Waals surface area contributed by atoms with Crippen LogP contribution < -0.4 is 10.1 Å². The monoisotopic (exact) mass is 542 g/mol. The standard InChI is InChI=1S/C28H27BrN6O/c1-18-12-21(15-30)13-19(2)26(18)36-27-24(29)16-32-28(34-27)33-23-7-10-35(11-8-23)17-20-5-6-25-22(14-20)4-3-9-31-25/h3-6,9,12-14,16,23H,7-8,10-11,17H2,1-2H3,(H,32,33,34). The van der Waals surface area contributed by atoms with Gasteiger partial charge in [-0.25, -0.2) is 4.98 Å². The van der Waals surface area contributed by atoms with Gasteiger partial charge in [-0.2, -0.15) is 10.2 Å². The van der Waals surface area contributed by atoms with Gasteiger partial charge in [-0.3, -0.25) is 9.88 Å². The summed E-state index contributed by atoms with van der Waals surface area (Å²) in [5.74, 6) is 1.71. The van der Waals surface area contributed by atoms with E-state index >= 15 is 0 Å². The number of halogens is 1. The molecule has 0 amide bonds. The first kappa shape index (κ1) is 24.2.